The maximum atomic E-state index is 13.3. The van der Waals surface area contributed by atoms with Crippen LogP contribution in [-0.4, -0.2) is 21.6 Å². The fraction of sp³-hybridized carbons (Fsp3) is 0.435. The van der Waals surface area contributed by atoms with Gasteiger partial charge in [-0.2, -0.15) is 0 Å². The minimum atomic E-state index is -0.361. The summed E-state index contributed by atoms with van der Waals surface area (Å²) in [7, 11) is 0. The quantitative estimate of drug-likeness (QED) is 0.573. The van der Waals surface area contributed by atoms with Gasteiger partial charge in [0.05, 0.1) is 11.7 Å². The molecule has 6 heteroatoms. The first kappa shape index (κ1) is 19.8. The highest BCUT2D eigenvalue weighted by molar-refractivity contribution is 7.19. The summed E-state index contributed by atoms with van der Waals surface area (Å²) < 4.78 is 6.98. The molecule has 0 unspecified atom stereocenters. The van der Waals surface area contributed by atoms with Gasteiger partial charge in [-0.15, -0.1) is 11.3 Å². The zero-order valence-corrected chi connectivity index (χ0v) is 18.0. The van der Waals surface area contributed by atoms with E-state index >= 15 is 0 Å². The zero-order chi connectivity index (χ0) is 20.5. The molecule has 1 aliphatic carbocycles. The number of nitrogens with zero attached hydrogens (tertiary/aromatic N) is 2. The number of hydrogen-bond donors (Lipinski definition) is 0. The Labute approximate surface area is 174 Å². The van der Waals surface area contributed by atoms with Gasteiger partial charge in [-0.05, 0) is 57.6 Å². The van der Waals surface area contributed by atoms with Crippen molar-refractivity contribution in [3.63, 3.8) is 0 Å². The molecule has 0 radical (unpaired) electrons. The molecule has 152 valence electrons. The molecule has 0 bridgehead atoms. The Morgan fingerprint density at radius 1 is 1.21 bits per heavy atom. The Hall–Kier alpha value is -2.47. The summed E-state index contributed by atoms with van der Waals surface area (Å²) in [6, 6.07) is 6.25. The first-order valence-electron chi connectivity index (χ1n) is 10.2. The lowest BCUT2D eigenvalue weighted by Gasteiger charge is -2.21. The Kier molecular flexibility index (Phi) is 5.54. The van der Waals surface area contributed by atoms with Crippen molar-refractivity contribution >= 4 is 27.5 Å². The van der Waals surface area contributed by atoms with Crippen molar-refractivity contribution in [3.8, 4) is 11.1 Å². The Morgan fingerprint density at radius 3 is 2.72 bits per heavy atom. The minimum absolute atomic E-state index is 0.0162. The van der Waals surface area contributed by atoms with Crippen LogP contribution in [0.4, 0.5) is 0 Å². The van der Waals surface area contributed by atoms with Crippen molar-refractivity contribution in [2.24, 2.45) is 0 Å². The molecule has 1 fully saturated rings. The molecule has 5 nitrogen and oxygen atoms in total. The molecule has 0 spiro atoms. The van der Waals surface area contributed by atoms with Gasteiger partial charge in [0.25, 0.3) is 5.56 Å². The summed E-state index contributed by atoms with van der Waals surface area (Å²) in [6.45, 7) is 6.02. The molecule has 0 aliphatic heterocycles. The Balaban J connectivity index is 1.71. The molecule has 3 aromatic rings. The number of aromatic nitrogens is 2. The molecule has 29 heavy (non-hydrogen) atoms. The zero-order valence-electron chi connectivity index (χ0n) is 17.2. The van der Waals surface area contributed by atoms with Gasteiger partial charge < -0.3 is 4.74 Å². The number of esters is 1. The van der Waals surface area contributed by atoms with Gasteiger partial charge in [-0.25, -0.2) is 4.98 Å². The van der Waals surface area contributed by atoms with E-state index in [-0.39, 0.29) is 24.2 Å². The third-order valence-corrected chi connectivity index (χ3v) is 6.68. The van der Waals surface area contributed by atoms with Crippen molar-refractivity contribution in [3.05, 3.63) is 50.9 Å². The van der Waals surface area contributed by atoms with Crippen molar-refractivity contribution < 1.29 is 9.53 Å². The number of carbonyl (C=O) groups excluding carboxylic acids is 1. The van der Waals surface area contributed by atoms with E-state index in [0.29, 0.717) is 10.2 Å². The Bertz CT molecular complexity index is 1120. The van der Waals surface area contributed by atoms with Crippen LogP contribution in [0, 0.1) is 20.8 Å². The largest absolute Gasteiger partial charge is 0.461 e. The molecule has 0 atom stereocenters. The standard InChI is InChI=1S/C23H26N2O3S/c1-14-9-10-15(2)18(11-14)20-16(3)29-22-21(20)23(27)25(13-24-22)12-19(26)28-17-7-5-4-6-8-17/h9-11,13,17H,4-8,12H2,1-3H3. The van der Waals surface area contributed by atoms with Crippen molar-refractivity contribution in [2.75, 3.05) is 0 Å². The van der Waals surface area contributed by atoms with Crippen LogP contribution in [-0.2, 0) is 16.1 Å². The minimum Gasteiger partial charge on any atom is -0.461 e. The van der Waals surface area contributed by atoms with Crippen molar-refractivity contribution in [1.29, 1.82) is 0 Å². The predicted octanol–water partition coefficient (Wildman–Crippen LogP) is 4.93. The molecule has 1 saturated carbocycles. The smallest absolute Gasteiger partial charge is 0.326 e. The number of aryl methyl sites for hydroxylation is 3. The summed E-state index contributed by atoms with van der Waals surface area (Å²) in [5, 5.41) is 0.592. The van der Waals surface area contributed by atoms with E-state index in [1.54, 1.807) is 0 Å². The van der Waals surface area contributed by atoms with Gasteiger partial charge >= 0.3 is 5.97 Å². The molecule has 4 rings (SSSR count). The average Bonchev–Trinajstić information content (AvgIpc) is 3.03. The van der Waals surface area contributed by atoms with Crippen LogP contribution in [0.2, 0.25) is 0 Å². The van der Waals surface area contributed by atoms with E-state index in [9.17, 15) is 9.59 Å². The highest BCUT2D eigenvalue weighted by atomic mass is 32.1. The van der Waals surface area contributed by atoms with E-state index in [2.05, 4.69) is 23.2 Å². The van der Waals surface area contributed by atoms with Crippen LogP contribution in [0.1, 0.15) is 48.1 Å². The van der Waals surface area contributed by atoms with E-state index in [1.165, 1.54) is 28.7 Å². The van der Waals surface area contributed by atoms with E-state index < -0.39 is 0 Å². The monoisotopic (exact) mass is 410 g/mol. The van der Waals surface area contributed by atoms with E-state index in [0.717, 1.165) is 52.8 Å². The van der Waals surface area contributed by atoms with Gasteiger partial charge in [0.15, 0.2) is 0 Å². The van der Waals surface area contributed by atoms with Gasteiger partial charge in [0.1, 0.15) is 17.5 Å². The molecule has 0 N–H and O–H groups in total. The van der Waals surface area contributed by atoms with Gasteiger partial charge in [-0.1, -0.05) is 30.2 Å². The number of hydrogen-bond acceptors (Lipinski definition) is 5. The highest BCUT2D eigenvalue weighted by Crippen LogP contribution is 2.37. The van der Waals surface area contributed by atoms with Crippen LogP contribution < -0.4 is 5.56 Å². The van der Waals surface area contributed by atoms with Crippen LogP contribution >= 0.6 is 11.3 Å². The van der Waals surface area contributed by atoms with Crippen LogP contribution in [0.3, 0.4) is 0 Å². The lowest BCUT2D eigenvalue weighted by Crippen LogP contribution is -2.28. The average molecular weight is 411 g/mol. The molecule has 1 aromatic carbocycles. The summed E-state index contributed by atoms with van der Waals surface area (Å²) in [5.74, 6) is -0.361. The summed E-state index contributed by atoms with van der Waals surface area (Å²) in [4.78, 5) is 31.9. The predicted molar refractivity (Wildman–Crippen MR) is 116 cm³/mol. The SMILES string of the molecule is Cc1ccc(C)c(-c2c(C)sc3ncn(CC(=O)OC4CCCCC4)c(=O)c23)c1. The molecule has 0 saturated heterocycles. The van der Waals surface area contributed by atoms with E-state index in [1.807, 2.05) is 20.8 Å². The lowest BCUT2D eigenvalue weighted by atomic mass is 9.97. The fourth-order valence-electron chi connectivity index (χ4n) is 4.12. The third kappa shape index (κ3) is 3.99. The van der Waals surface area contributed by atoms with Crippen molar-refractivity contribution in [2.45, 2.75) is 65.5 Å². The number of fused-ring (bicyclic) bond motifs is 1. The van der Waals surface area contributed by atoms with Crippen LogP contribution in [0.25, 0.3) is 21.3 Å². The first-order valence-corrected chi connectivity index (χ1v) is 11.0. The summed E-state index contributed by atoms with van der Waals surface area (Å²) >= 11 is 1.52. The first-order chi connectivity index (χ1) is 13.9. The lowest BCUT2D eigenvalue weighted by molar-refractivity contribution is -0.151. The van der Waals surface area contributed by atoms with Crippen LogP contribution in [0.5, 0.6) is 0 Å². The number of carbonyl (C=O) groups is 1. The number of ether oxygens (including phenoxy) is 1. The number of rotatable bonds is 4. The second-order valence-corrected chi connectivity index (χ2v) is 9.16. The number of benzene rings is 1. The number of thiophene rings is 1. The summed E-state index contributed by atoms with van der Waals surface area (Å²) in [6.07, 6.45) is 6.68. The van der Waals surface area contributed by atoms with Gasteiger partial charge in [-0.3, -0.25) is 14.2 Å². The van der Waals surface area contributed by atoms with Crippen LogP contribution in [0.15, 0.2) is 29.3 Å². The maximum absolute atomic E-state index is 13.3. The van der Waals surface area contributed by atoms with Crippen molar-refractivity contribution in [1.82, 2.24) is 9.55 Å². The topological polar surface area (TPSA) is 61.2 Å². The highest BCUT2D eigenvalue weighted by Gasteiger charge is 2.21. The maximum Gasteiger partial charge on any atom is 0.326 e. The Morgan fingerprint density at radius 2 is 1.97 bits per heavy atom. The molecular formula is C23H26N2O3S. The normalized spacial score (nSPS) is 15.0. The van der Waals surface area contributed by atoms with Gasteiger partial charge in [0.2, 0.25) is 0 Å². The third-order valence-electron chi connectivity index (χ3n) is 5.67. The second-order valence-electron chi connectivity index (χ2n) is 7.96. The van der Waals surface area contributed by atoms with Gasteiger partial charge in [0, 0.05) is 10.4 Å². The molecule has 2 aromatic heterocycles. The summed E-state index contributed by atoms with van der Waals surface area (Å²) in [5.41, 5.74) is 4.05. The molecule has 0 amide bonds. The fourth-order valence-corrected chi connectivity index (χ4v) is 5.12. The van der Waals surface area contributed by atoms with E-state index in [4.69, 9.17) is 4.74 Å². The molecule has 2 heterocycles. The molecular weight excluding hydrogens is 384 g/mol. The second kappa shape index (κ2) is 8.11. The molecule has 1 aliphatic rings.